The van der Waals surface area contributed by atoms with Gasteiger partial charge in [-0.15, -0.1) is 0 Å². The van der Waals surface area contributed by atoms with Crippen LogP contribution in [0.1, 0.15) is 85.0 Å². The monoisotopic (exact) mass is 417 g/mol. The van der Waals surface area contributed by atoms with Crippen molar-refractivity contribution in [3.05, 3.63) is 0 Å². The van der Waals surface area contributed by atoms with Crippen molar-refractivity contribution < 1.29 is 29.6 Å². The molecule has 0 unspecified atom stereocenters. The lowest BCUT2D eigenvalue weighted by Gasteiger charge is -2.42. The Bertz CT molecular complexity index is 424. The molecule has 0 aliphatic carbocycles. The van der Waals surface area contributed by atoms with Gasteiger partial charge >= 0.3 is 0 Å². The molecule has 1 heterocycles. The Balaban J connectivity index is 2.67. The van der Waals surface area contributed by atoms with Gasteiger partial charge in [-0.05, 0) is 18.8 Å². The number of hydrogen-bond donors (Lipinski definition) is 4. The van der Waals surface area contributed by atoms with Crippen LogP contribution in [0.3, 0.4) is 0 Å². The normalized spacial score (nSPS) is 27.3. The van der Waals surface area contributed by atoms with Crippen molar-refractivity contribution in [3.63, 3.8) is 0 Å². The van der Waals surface area contributed by atoms with Gasteiger partial charge in [-0.25, -0.2) is 0 Å². The molecule has 0 aromatic carbocycles. The van der Waals surface area contributed by atoms with Gasteiger partial charge in [0.2, 0.25) is 5.91 Å². The molecule has 29 heavy (non-hydrogen) atoms. The fourth-order valence-corrected chi connectivity index (χ4v) is 3.87. The summed E-state index contributed by atoms with van der Waals surface area (Å²) in [5, 5.41) is 32.6. The molecule has 1 rings (SSSR count). The van der Waals surface area contributed by atoms with Crippen molar-refractivity contribution in [1.29, 1.82) is 0 Å². The van der Waals surface area contributed by atoms with Gasteiger partial charge in [0.15, 0.2) is 6.29 Å². The second kappa shape index (κ2) is 15.1. The molecule has 1 aliphatic heterocycles. The summed E-state index contributed by atoms with van der Waals surface area (Å²) >= 11 is 0. The van der Waals surface area contributed by atoms with Crippen LogP contribution in [-0.2, 0) is 14.3 Å². The van der Waals surface area contributed by atoms with Crippen molar-refractivity contribution >= 4 is 5.91 Å². The molecule has 7 nitrogen and oxygen atoms in total. The largest absolute Gasteiger partial charge is 0.394 e. The molecule has 7 heteroatoms. The minimum atomic E-state index is -1.28. The third kappa shape index (κ3) is 9.75. The molecule has 1 saturated heterocycles. The number of nitrogens with one attached hydrogen (secondary N) is 1. The van der Waals surface area contributed by atoms with Gasteiger partial charge in [-0.1, -0.05) is 65.2 Å². The number of ether oxygens (including phenoxy) is 2. The zero-order chi connectivity index (χ0) is 21.6. The van der Waals surface area contributed by atoms with Gasteiger partial charge in [-0.3, -0.25) is 4.79 Å². The summed E-state index contributed by atoms with van der Waals surface area (Å²) in [6.45, 7) is 5.79. The van der Waals surface area contributed by atoms with E-state index in [0.29, 0.717) is 12.5 Å². The highest BCUT2D eigenvalue weighted by molar-refractivity contribution is 5.73. The van der Waals surface area contributed by atoms with Crippen molar-refractivity contribution in [2.75, 3.05) is 13.2 Å². The predicted molar refractivity (Wildman–Crippen MR) is 112 cm³/mol. The maximum absolute atomic E-state index is 11.5. The van der Waals surface area contributed by atoms with Crippen LogP contribution in [0.4, 0.5) is 0 Å². The van der Waals surface area contributed by atoms with Crippen LogP contribution in [0.25, 0.3) is 0 Å². The second-order valence-electron chi connectivity index (χ2n) is 8.33. The Morgan fingerprint density at radius 2 is 1.59 bits per heavy atom. The quantitative estimate of drug-likeness (QED) is 0.305. The number of carbonyl (C=O) groups is 1. The van der Waals surface area contributed by atoms with E-state index in [0.717, 1.165) is 25.7 Å². The van der Waals surface area contributed by atoms with Crippen LogP contribution in [0.5, 0.6) is 0 Å². The average Bonchev–Trinajstić information content (AvgIpc) is 2.70. The van der Waals surface area contributed by atoms with Crippen LogP contribution >= 0.6 is 0 Å². The molecule has 1 aliphatic rings. The second-order valence-corrected chi connectivity index (χ2v) is 8.33. The molecule has 0 spiro atoms. The molecule has 0 aromatic rings. The first-order valence-electron chi connectivity index (χ1n) is 11.5. The van der Waals surface area contributed by atoms with Crippen LogP contribution in [0, 0.1) is 5.92 Å². The van der Waals surface area contributed by atoms with Crippen LogP contribution in [0.15, 0.2) is 0 Å². The van der Waals surface area contributed by atoms with Crippen molar-refractivity contribution in [1.82, 2.24) is 5.32 Å². The number of rotatable bonds is 15. The van der Waals surface area contributed by atoms with E-state index in [-0.39, 0.29) is 5.91 Å². The molecular weight excluding hydrogens is 374 g/mol. The highest BCUT2D eigenvalue weighted by atomic mass is 16.7. The van der Waals surface area contributed by atoms with E-state index >= 15 is 0 Å². The van der Waals surface area contributed by atoms with Gasteiger partial charge < -0.3 is 30.1 Å². The molecule has 1 amide bonds. The van der Waals surface area contributed by atoms with Crippen molar-refractivity contribution in [3.8, 4) is 0 Å². The van der Waals surface area contributed by atoms with Crippen LogP contribution < -0.4 is 5.32 Å². The SMILES string of the molecule is CCCCCCC(CCCCCC)CO[C@@H]1O[C@H](CO)[C@@H](O)[C@H](O)[C@H]1NC(C)=O. The molecule has 172 valence electrons. The maximum atomic E-state index is 11.5. The molecule has 1 fully saturated rings. The van der Waals surface area contributed by atoms with Gasteiger partial charge in [0.1, 0.15) is 24.4 Å². The first-order chi connectivity index (χ1) is 13.9. The Morgan fingerprint density at radius 1 is 1.00 bits per heavy atom. The fraction of sp³-hybridized carbons (Fsp3) is 0.955. The van der Waals surface area contributed by atoms with Crippen LogP contribution in [0.2, 0.25) is 0 Å². The summed E-state index contributed by atoms with van der Waals surface area (Å²) < 4.78 is 11.7. The maximum Gasteiger partial charge on any atom is 0.217 e. The Morgan fingerprint density at radius 3 is 2.07 bits per heavy atom. The van der Waals surface area contributed by atoms with Crippen molar-refractivity contribution in [2.24, 2.45) is 5.92 Å². The lowest BCUT2D eigenvalue weighted by Crippen LogP contribution is -2.64. The molecule has 0 aromatic heterocycles. The predicted octanol–water partition coefficient (Wildman–Crippen LogP) is 2.50. The zero-order valence-electron chi connectivity index (χ0n) is 18.5. The number of aliphatic hydroxyl groups excluding tert-OH is 3. The summed E-state index contributed by atoms with van der Waals surface area (Å²) in [7, 11) is 0. The van der Waals surface area contributed by atoms with E-state index in [1.165, 1.54) is 45.4 Å². The first kappa shape index (κ1) is 26.3. The number of carbonyl (C=O) groups excluding carboxylic acids is 1. The summed E-state index contributed by atoms with van der Waals surface area (Å²) in [6, 6.07) is -0.869. The smallest absolute Gasteiger partial charge is 0.217 e. The lowest BCUT2D eigenvalue weighted by molar-refractivity contribution is -0.272. The minimum Gasteiger partial charge on any atom is -0.394 e. The molecule has 0 saturated carbocycles. The first-order valence-corrected chi connectivity index (χ1v) is 11.5. The Labute approximate surface area is 176 Å². The Hall–Kier alpha value is -0.730. The summed E-state index contributed by atoms with van der Waals surface area (Å²) in [6.07, 6.45) is 7.42. The van der Waals surface area contributed by atoms with E-state index in [1.807, 2.05) is 0 Å². The number of amides is 1. The van der Waals surface area contributed by atoms with E-state index < -0.39 is 37.3 Å². The molecule has 4 N–H and O–H groups in total. The van der Waals surface area contributed by atoms with Gasteiger partial charge in [0.25, 0.3) is 0 Å². The topological polar surface area (TPSA) is 108 Å². The fourth-order valence-electron chi connectivity index (χ4n) is 3.87. The summed E-state index contributed by atoms with van der Waals surface area (Å²) in [5.74, 6) is 0.0541. The number of unbranched alkanes of at least 4 members (excludes halogenated alkanes) is 6. The van der Waals surface area contributed by atoms with Gasteiger partial charge in [0, 0.05) is 6.92 Å². The van der Waals surface area contributed by atoms with Gasteiger partial charge in [0.05, 0.1) is 13.2 Å². The van der Waals surface area contributed by atoms with E-state index in [1.54, 1.807) is 0 Å². The molecular formula is C22H43NO6. The standard InChI is InChI=1S/C22H43NO6/c1-4-6-8-10-12-17(13-11-9-7-5-2)15-28-22-19(23-16(3)25)21(27)20(26)18(14-24)29-22/h17-22,24,26-27H,4-15H2,1-3H3,(H,23,25)/t18-,19-,20-,21-,22-/m1/s1. The van der Waals surface area contributed by atoms with Crippen LogP contribution in [-0.4, -0.2) is 65.1 Å². The van der Waals surface area contributed by atoms with Crippen molar-refractivity contribution in [2.45, 2.75) is 116 Å². The summed E-state index contributed by atoms with van der Waals surface area (Å²) in [4.78, 5) is 11.5. The highest BCUT2D eigenvalue weighted by Crippen LogP contribution is 2.25. The van der Waals surface area contributed by atoms with E-state index in [2.05, 4.69) is 19.2 Å². The van der Waals surface area contributed by atoms with Gasteiger partial charge in [-0.2, -0.15) is 0 Å². The molecule has 0 radical (unpaired) electrons. The van der Waals surface area contributed by atoms with E-state index in [4.69, 9.17) is 9.47 Å². The number of hydrogen-bond acceptors (Lipinski definition) is 6. The zero-order valence-corrected chi connectivity index (χ0v) is 18.5. The molecule has 5 atom stereocenters. The Kier molecular flexibility index (Phi) is 13.7. The van der Waals surface area contributed by atoms with E-state index in [9.17, 15) is 20.1 Å². The highest BCUT2D eigenvalue weighted by Gasteiger charge is 2.45. The third-order valence-corrected chi connectivity index (χ3v) is 5.68. The molecule has 0 bridgehead atoms. The average molecular weight is 418 g/mol. The minimum absolute atomic E-state index is 0.337. The summed E-state index contributed by atoms with van der Waals surface area (Å²) in [5.41, 5.74) is 0. The third-order valence-electron chi connectivity index (χ3n) is 5.68. The lowest BCUT2D eigenvalue weighted by atomic mass is 9.94. The number of aliphatic hydroxyl groups is 3.